The number of nitriles is 1. The van der Waals surface area contributed by atoms with E-state index in [1.807, 2.05) is 25.1 Å². The number of methoxy groups -OCH3 is 1. The molecule has 0 aromatic heterocycles. The van der Waals surface area contributed by atoms with E-state index in [9.17, 15) is 4.79 Å². The average Bonchev–Trinajstić information content (AvgIpc) is 2.40. The van der Waals surface area contributed by atoms with Gasteiger partial charge in [-0.3, -0.25) is 0 Å². The number of hydrogen-bond acceptors (Lipinski definition) is 3. The van der Waals surface area contributed by atoms with Crippen LogP contribution in [0.4, 0.5) is 10.5 Å². The van der Waals surface area contributed by atoms with Crippen molar-refractivity contribution in [2.75, 3.05) is 25.5 Å². The molecule has 0 spiro atoms. The molecule has 5 nitrogen and oxygen atoms in total. The molecule has 0 aliphatic rings. The third-order valence-corrected chi connectivity index (χ3v) is 2.51. The number of hydrogen-bond donors (Lipinski definition) is 1. The molecular weight excluding hydrogens is 230 g/mol. The fourth-order valence-corrected chi connectivity index (χ4v) is 1.53. The smallest absolute Gasteiger partial charge is 0.321 e. The molecule has 1 N–H and O–H groups in total. The van der Waals surface area contributed by atoms with Crippen molar-refractivity contribution in [3.8, 4) is 11.8 Å². The highest BCUT2D eigenvalue weighted by Gasteiger charge is 2.12. The zero-order valence-corrected chi connectivity index (χ0v) is 10.6. The minimum Gasteiger partial charge on any atom is -0.495 e. The summed E-state index contributed by atoms with van der Waals surface area (Å²) in [6.07, 6.45) is 0.327. The van der Waals surface area contributed by atoms with Gasteiger partial charge in [0.05, 0.1) is 25.3 Å². The standard InChI is InChI=1S/C13H17N3O2/c1-3-16(10-6-9-14)13(17)15-11-7-4-5-8-12(11)18-2/h4-5,7-8H,3,6,10H2,1-2H3,(H,15,17). The molecule has 0 bridgehead atoms. The first-order valence-electron chi connectivity index (χ1n) is 5.78. The third kappa shape index (κ3) is 3.67. The van der Waals surface area contributed by atoms with Crippen LogP contribution in [0.3, 0.4) is 0 Å². The van der Waals surface area contributed by atoms with E-state index in [0.29, 0.717) is 30.9 Å². The Hall–Kier alpha value is -2.22. The van der Waals surface area contributed by atoms with Crippen LogP contribution in [-0.2, 0) is 0 Å². The number of carbonyl (C=O) groups is 1. The first kappa shape index (κ1) is 13.8. The van der Waals surface area contributed by atoms with Crippen molar-refractivity contribution in [3.63, 3.8) is 0 Å². The van der Waals surface area contributed by atoms with E-state index < -0.39 is 0 Å². The van der Waals surface area contributed by atoms with E-state index in [4.69, 9.17) is 10.00 Å². The number of anilines is 1. The van der Waals surface area contributed by atoms with E-state index in [-0.39, 0.29) is 6.03 Å². The molecule has 18 heavy (non-hydrogen) atoms. The maximum atomic E-state index is 12.0. The SMILES string of the molecule is CCN(CCC#N)C(=O)Nc1ccccc1OC. The monoisotopic (exact) mass is 247 g/mol. The van der Waals surface area contributed by atoms with E-state index in [1.54, 1.807) is 24.1 Å². The number of para-hydroxylation sites is 2. The molecule has 0 atom stereocenters. The lowest BCUT2D eigenvalue weighted by Crippen LogP contribution is -2.35. The first-order chi connectivity index (χ1) is 8.72. The Morgan fingerprint density at radius 3 is 2.83 bits per heavy atom. The molecule has 0 unspecified atom stereocenters. The second kappa shape index (κ2) is 7.17. The van der Waals surface area contributed by atoms with Crippen molar-refractivity contribution in [2.24, 2.45) is 0 Å². The number of benzene rings is 1. The summed E-state index contributed by atoms with van der Waals surface area (Å²) < 4.78 is 5.16. The van der Waals surface area contributed by atoms with E-state index >= 15 is 0 Å². The summed E-state index contributed by atoms with van der Waals surface area (Å²) in [5, 5.41) is 11.3. The number of ether oxygens (including phenoxy) is 1. The van der Waals surface area contributed by atoms with Crippen LogP contribution in [0.2, 0.25) is 0 Å². The molecule has 96 valence electrons. The fraction of sp³-hybridized carbons (Fsp3) is 0.385. The Morgan fingerprint density at radius 2 is 2.22 bits per heavy atom. The van der Waals surface area contributed by atoms with Crippen LogP contribution in [0.5, 0.6) is 5.75 Å². The minimum absolute atomic E-state index is 0.225. The van der Waals surface area contributed by atoms with Crippen LogP contribution in [0, 0.1) is 11.3 Å². The number of amides is 2. The van der Waals surface area contributed by atoms with E-state index in [2.05, 4.69) is 5.32 Å². The van der Waals surface area contributed by atoms with Gasteiger partial charge < -0.3 is 15.0 Å². The highest BCUT2D eigenvalue weighted by molar-refractivity contribution is 5.90. The van der Waals surface area contributed by atoms with Gasteiger partial charge in [-0.2, -0.15) is 5.26 Å². The van der Waals surface area contributed by atoms with Crippen molar-refractivity contribution in [3.05, 3.63) is 24.3 Å². The Morgan fingerprint density at radius 1 is 1.50 bits per heavy atom. The topological polar surface area (TPSA) is 65.4 Å². The van der Waals surface area contributed by atoms with Gasteiger partial charge in [0.1, 0.15) is 5.75 Å². The van der Waals surface area contributed by atoms with Gasteiger partial charge in [0, 0.05) is 13.1 Å². The second-order valence-corrected chi connectivity index (χ2v) is 3.62. The fourth-order valence-electron chi connectivity index (χ4n) is 1.53. The van der Waals surface area contributed by atoms with Gasteiger partial charge in [-0.1, -0.05) is 12.1 Å². The number of nitrogens with zero attached hydrogens (tertiary/aromatic N) is 2. The largest absolute Gasteiger partial charge is 0.495 e. The molecule has 1 aromatic rings. The molecule has 0 saturated heterocycles. The van der Waals surface area contributed by atoms with Crippen molar-refractivity contribution in [1.82, 2.24) is 4.90 Å². The van der Waals surface area contributed by atoms with Gasteiger partial charge in [-0.05, 0) is 19.1 Å². The van der Waals surface area contributed by atoms with Gasteiger partial charge in [0.15, 0.2) is 0 Å². The van der Waals surface area contributed by atoms with Gasteiger partial charge in [0.25, 0.3) is 0 Å². The van der Waals surface area contributed by atoms with Crippen molar-refractivity contribution in [1.29, 1.82) is 5.26 Å². The molecule has 5 heteroatoms. The molecule has 0 aliphatic carbocycles. The van der Waals surface area contributed by atoms with Gasteiger partial charge >= 0.3 is 6.03 Å². The molecule has 0 aliphatic heterocycles. The van der Waals surface area contributed by atoms with E-state index in [0.717, 1.165) is 0 Å². The van der Waals surface area contributed by atoms with Crippen LogP contribution >= 0.6 is 0 Å². The summed E-state index contributed by atoms with van der Waals surface area (Å²) in [6.45, 7) is 2.86. The van der Waals surface area contributed by atoms with Crippen molar-refractivity contribution >= 4 is 11.7 Å². The van der Waals surface area contributed by atoms with E-state index in [1.165, 1.54) is 0 Å². The molecule has 0 radical (unpaired) electrons. The molecule has 0 saturated carbocycles. The number of nitrogens with one attached hydrogen (secondary N) is 1. The van der Waals surface area contributed by atoms with Gasteiger partial charge in [-0.25, -0.2) is 4.79 Å². The summed E-state index contributed by atoms with van der Waals surface area (Å²) in [6, 6.07) is 9.01. The Kier molecular flexibility index (Phi) is 5.52. The van der Waals surface area contributed by atoms with Crippen molar-refractivity contribution in [2.45, 2.75) is 13.3 Å². The lowest BCUT2D eigenvalue weighted by molar-refractivity contribution is 0.215. The van der Waals surface area contributed by atoms with Crippen molar-refractivity contribution < 1.29 is 9.53 Å². The molecule has 0 heterocycles. The molecule has 0 fully saturated rings. The minimum atomic E-state index is -0.225. The Bertz CT molecular complexity index is 440. The third-order valence-electron chi connectivity index (χ3n) is 2.51. The lowest BCUT2D eigenvalue weighted by Gasteiger charge is -2.20. The first-order valence-corrected chi connectivity index (χ1v) is 5.78. The molecule has 1 rings (SSSR count). The van der Waals surface area contributed by atoms with Crippen LogP contribution in [0.15, 0.2) is 24.3 Å². The van der Waals surface area contributed by atoms with Crippen LogP contribution in [0.25, 0.3) is 0 Å². The lowest BCUT2D eigenvalue weighted by atomic mass is 10.3. The number of carbonyl (C=O) groups excluding carboxylic acids is 1. The summed E-state index contributed by atoms with van der Waals surface area (Å²) in [7, 11) is 1.55. The Balaban J connectivity index is 2.70. The molecule has 1 aromatic carbocycles. The highest BCUT2D eigenvalue weighted by Crippen LogP contribution is 2.23. The average molecular weight is 247 g/mol. The molecule has 2 amide bonds. The number of urea groups is 1. The second-order valence-electron chi connectivity index (χ2n) is 3.62. The van der Waals surface area contributed by atoms with Crippen LogP contribution in [0.1, 0.15) is 13.3 Å². The predicted octanol–water partition coefficient (Wildman–Crippen LogP) is 2.46. The summed E-state index contributed by atoms with van der Waals surface area (Å²) in [5.74, 6) is 0.613. The maximum Gasteiger partial charge on any atom is 0.321 e. The quantitative estimate of drug-likeness (QED) is 0.869. The zero-order valence-electron chi connectivity index (χ0n) is 10.6. The summed E-state index contributed by atoms with van der Waals surface area (Å²) in [4.78, 5) is 13.5. The van der Waals surface area contributed by atoms with Crippen LogP contribution in [-0.4, -0.2) is 31.1 Å². The highest BCUT2D eigenvalue weighted by atomic mass is 16.5. The van der Waals surface area contributed by atoms with Crippen LogP contribution < -0.4 is 10.1 Å². The summed E-state index contributed by atoms with van der Waals surface area (Å²) >= 11 is 0. The Labute approximate surface area is 107 Å². The maximum absolute atomic E-state index is 12.0. The summed E-state index contributed by atoms with van der Waals surface area (Å²) in [5.41, 5.74) is 0.625. The number of rotatable bonds is 5. The molecular formula is C13H17N3O2. The normalized spacial score (nSPS) is 9.39. The predicted molar refractivity (Wildman–Crippen MR) is 69.5 cm³/mol. The van der Waals surface area contributed by atoms with Gasteiger partial charge in [-0.15, -0.1) is 0 Å². The van der Waals surface area contributed by atoms with Gasteiger partial charge in [0.2, 0.25) is 0 Å². The zero-order chi connectivity index (χ0) is 13.4.